The average molecular weight is 260 g/mol. The zero-order valence-corrected chi connectivity index (χ0v) is 11.0. The van der Waals surface area contributed by atoms with Crippen LogP contribution in [-0.2, 0) is 0 Å². The normalized spacial score (nSPS) is 12.3. The zero-order valence-electron chi connectivity index (χ0n) is 11.0. The molecule has 3 aromatic rings. The number of benzene rings is 3. The van der Waals surface area contributed by atoms with Gasteiger partial charge >= 0.3 is 0 Å². The molecule has 0 fully saturated rings. The Hall–Kier alpha value is -2.61. The third kappa shape index (κ3) is 1.31. The van der Waals surface area contributed by atoms with Crippen LogP contribution in [-0.4, -0.2) is 12.9 Å². The smallest absolute Gasteiger partial charge is 0.194 e. The predicted molar refractivity (Wildman–Crippen MR) is 79.4 cm³/mol. The van der Waals surface area contributed by atoms with Crippen molar-refractivity contribution >= 4 is 16.6 Å². The zero-order chi connectivity index (χ0) is 13.7. The van der Waals surface area contributed by atoms with E-state index in [0.29, 0.717) is 0 Å². The lowest BCUT2D eigenvalue weighted by molar-refractivity contribution is 0.104. The Morgan fingerprint density at radius 3 is 2.20 bits per heavy atom. The largest absolute Gasteiger partial charge is 0.496 e. The average Bonchev–Trinajstić information content (AvgIpc) is 2.80. The lowest BCUT2D eigenvalue weighted by Gasteiger charge is -2.10. The van der Waals surface area contributed by atoms with Gasteiger partial charge in [-0.15, -0.1) is 0 Å². The van der Waals surface area contributed by atoms with Gasteiger partial charge < -0.3 is 4.74 Å². The summed E-state index contributed by atoms with van der Waals surface area (Å²) in [5.74, 6) is 0.833. The first-order chi connectivity index (χ1) is 9.81. The standard InChI is InChI=1S/C18H12O2/c1-20-16-10-15-17(12-7-3-2-6-11(12)16)13-8-4-5-9-14(13)18(15)19/h2-10H,1H3. The summed E-state index contributed by atoms with van der Waals surface area (Å²) >= 11 is 0. The minimum atomic E-state index is 0.0830. The van der Waals surface area contributed by atoms with E-state index in [1.807, 2.05) is 54.6 Å². The third-order valence-corrected chi connectivity index (χ3v) is 3.91. The molecule has 3 aromatic carbocycles. The molecule has 0 saturated heterocycles. The molecule has 0 atom stereocenters. The number of fused-ring (bicyclic) bond motifs is 5. The highest BCUT2D eigenvalue weighted by atomic mass is 16.5. The maximum Gasteiger partial charge on any atom is 0.194 e. The highest BCUT2D eigenvalue weighted by molar-refractivity contribution is 6.26. The molecule has 0 bridgehead atoms. The van der Waals surface area contributed by atoms with E-state index in [1.165, 1.54) is 0 Å². The molecule has 1 aliphatic carbocycles. The maximum absolute atomic E-state index is 12.5. The fourth-order valence-electron chi connectivity index (χ4n) is 3.02. The van der Waals surface area contributed by atoms with E-state index in [0.717, 1.165) is 38.8 Å². The molecule has 0 spiro atoms. The van der Waals surface area contributed by atoms with E-state index in [9.17, 15) is 4.79 Å². The summed E-state index contributed by atoms with van der Waals surface area (Å²) in [6.07, 6.45) is 0. The van der Waals surface area contributed by atoms with E-state index in [2.05, 4.69) is 0 Å². The fraction of sp³-hybridized carbons (Fsp3) is 0.0556. The molecule has 0 aliphatic heterocycles. The quantitative estimate of drug-likeness (QED) is 0.516. The highest BCUT2D eigenvalue weighted by Gasteiger charge is 2.29. The Kier molecular flexibility index (Phi) is 2.21. The topological polar surface area (TPSA) is 26.3 Å². The number of rotatable bonds is 1. The van der Waals surface area contributed by atoms with Crippen molar-refractivity contribution in [1.82, 2.24) is 0 Å². The van der Waals surface area contributed by atoms with Gasteiger partial charge in [-0.2, -0.15) is 0 Å². The summed E-state index contributed by atoms with van der Waals surface area (Å²) in [4.78, 5) is 12.5. The van der Waals surface area contributed by atoms with Crippen LogP contribution in [0.4, 0.5) is 0 Å². The molecule has 20 heavy (non-hydrogen) atoms. The number of ether oxygens (including phenoxy) is 1. The fourth-order valence-corrected chi connectivity index (χ4v) is 3.02. The van der Waals surface area contributed by atoms with Crippen molar-refractivity contribution in [2.75, 3.05) is 7.11 Å². The Morgan fingerprint density at radius 1 is 0.800 bits per heavy atom. The van der Waals surface area contributed by atoms with Crippen LogP contribution in [0, 0.1) is 0 Å². The van der Waals surface area contributed by atoms with Crippen LogP contribution >= 0.6 is 0 Å². The van der Waals surface area contributed by atoms with Crippen molar-refractivity contribution in [3.05, 3.63) is 65.7 Å². The van der Waals surface area contributed by atoms with Gasteiger partial charge in [0.25, 0.3) is 0 Å². The molecule has 2 nitrogen and oxygen atoms in total. The molecule has 0 N–H and O–H groups in total. The number of ketones is 1. The van der Waals surface area contributed by atoms with Gasteiger partial charge in [-0.1, -0.05) is 48.5 Å². The van der Waals surface area contributed by atoms with Gasteiger partial charge in [-0.25, -0.2) is 0 Å². The van der Waals surface area contributed by atoms with E-state index >= 15 is 0 Å². The van der Waals surface area contributed by atoms with Crippen molar-refractivity contribution in [2.24, 2.45) is 0 Å². The number of carbonyl (C=O) groups is 1. The molecule has 0 amide bonds. The van der Waals surface area contributed by atoms with Crippen molar-refractivity contribution in [2.45, 2.75) is 0 Å². The summed E-state index contributed by atoms with van der Waals surface area (Å²) in [6, 6.07) is 17.7. The Morgan fingerprint density at radius 2 is 1.45 bits per heavy atom. The lowest BCUT2D eigenvalue weighted by atomic mass is 9.97. The van der Waals surface area contributed by atoms with Crippen LogP contribution in [0.1, 0.15) is 15.9 Å². The van der Waals surface area contributed by atoms with Crippen LogP contribution in [0.25, 0.3) is 21.9 Å². The summed E-state index contributed by atoms with van der Waals surface area (Å²) in [5.41, 5.74) is 3.57. The number of carbonyl (C=O) groups excluding carboxylic acids is 1. The van der Waals surface area contributed by atoms with Crippen LogP contribution in [0.5, 0.6) is 5.75 Å². The van der Waals surface area contributed by atoms with Gasteiger partial charge in [0, 0.05) is 22.1 Å². The van der Waals surface area contributed by atoms with E-state index < -0.39 is 0 Å². The summed E-state index contributed by atoms with van der Waals surface area (Å²) < 4.78 is 5.45. The molecule has 0 heterocycles. The molecule has 0 unspecified atom stereocenters. The van der Waals surface area contributed by atoms with Crippen LogP contribution in [0.3, 0.4) is 0 Å². The first-order valence-corrected chi connectivity index (χ1v) is 6.55. The summed E-state index contributed by atoms with van der Waals surface area (Å²) in [7, 11) is 1.64. The molecular formula is C18H12O2. The lowest BCUT2D eigenvalue weighted by Crippen LogP contribution is -1.96. The van der Waals surface area contributed by atoms with Crippen molar-refractivity contribution in [3.63, 3.8) is 0 Å². The van der Waals surface area contributed by atoms with Gasteiger partial charge in [-0.3, -0.25) is 4.79 Å². The second-order valence-corrected chi connectivity index (χ2v) is 4.92. The molecular weight excluding hydrogens is 248 g/mol. The van der Waals surface area contributed by atoms with E-state index in [-0.39, 0.29) is 5.78 Å². The Balaban J connectivity index is 2.21. The van der Waals surface area contributed by atoms with Crippen LogP contribution in [0.2, 0.25) is 0 Å². The van der Waals surface area contributed by atoms with Gasteiger partial charge in [0.2, 0.25) is 0 Å². The first-order valence-electron chi connectivity index (χ1n) is 6.55. The summed E-state index contributed by atoms with van der Waals surface area (Å²) in [5, 5.41) is 2.11. The number of methoxy groups -OCH3 is 1. The van der Waals surface area contributed by atoms with Gasteiger partial charge in [-0.05, 0) is 17.0 Å². The Bertz CT molecular complexity index is 862. The van der Waals surface area contributed by atoms with E-state index in [1.54, 1.807) is 7.11 Å². The molecule has 2 heteroatoms. The molecule has 0 aromatic heterocycles. The highest BCUT2D eigenvalue weighted by Crippen LogP contribution is 2.44. The molecule has 1 aliphatic rings. The minimum Gasteiger partial charge on any atom is -0.496 e. The van der Waals surface area contributed by atoms with Crippen LogP contribution in [0.15, 0.2) is 54.6 Å². The van der Waals surface area contributed by atoms with Gasteiger partial charge in [0.1, 0.15) is 5.75 Å². The molecule has 4 rings (SSSR count). The van der Waals surface area contributed by atoms with Gasteiger partial charge in [0.15, 0.2) is 5.78 Å². The number of hydrogen-bond donors (Lipinski definition) is 0. The van der Waals surface area contributed by atoms with E-state index in [4.69, 9.17) is 4.74 Å². The predicted octanol–water partition coefficient (Wildman–Crippen LogP) is 4.06. The molecule has 96 valence electrons. The third-order valence-electron chi connectivity index (χ3n) is 3.91. The Labute approximate surface area is 116 Å². The maximum atomic E-state index is 12.5. The first kappa shape index (κ1) is 11.2. The second-order valence-electron chi connectivity index (χ2n) is 4.92. The van der Waals surface area contributed by atoms with Crippen molar-refractivity contribution < 1.29 is 9.53 Å². The number of hydrogen-bond acceptors (Lipinski definition) is 2. The summed E-state index contributed by atoms with van der Waals surface area (Å²) in [6.45, 7) is 0. The minimum absolute atomic E-state index is 0.0830. The van der Waals surface area contributed by atoms with Crippen molar-refractivity contribution in [1.29, 1.82) is 0 Å². The molecule has 0 saturated carbocycles. The van der Waals surface area contributed by atoms with Crippen molar-refractivity contribution in [3.8, 4) is 16.9 Å². The second kappa shape index (κ2) is 3.94. The monoisotopic (exact) mass is 260 g/mol. The SMILES string of the molecule is COc1cc2c(c3ccccc13)-c1ccccc1C2=O. The molecule has 0 radical (unpaired) electrons. The van der Waals surface area contributed by atoms with Crippen LogP contribution < -0.4 is 4.74 Å². The van der Waals surface area contributed by atoms with Gasteiger partial charge in [0.05, 0.1) is 7.11 Å².